The third kappa shape index (κ3) is 3.85. The first-order valence-corrected chi connectivity index (χ1v) is 8.05. The van der Waals surface area contributed by atoms with Crippen molar-refractivity contribution in [3.05, 3.63) is 71.8 Å². The third-order valence-electron chi connectivity index (χ3n) is 3.97. The Balaban J connectivity index is 1.53. The first-order valence-electron chi connectivity index (χ1n) is 8.05. The number of amides is 2. The quantitative estimate of drug-likeness (QED) is 0.823. The summed E-state index contributed by atoms with van der Waals surface area (Å²) in [6, 6.07) is 15.2. The number of rotatable bonds is 5. The van der Waals surface area contributed by atoms with Gasteiger partial charge in [-0.1, -0.05) is 30.8 Å². The lowest BCUT2D eigenvalue weighted by Gasteiger charge is -2.16. The summed E-state index contributed by atoms with van der Waals surface area (Å²) in [7, 11) is 0. The van der Waals surface area contributed by atoms with E-state index in [1.54, 1.807) is 42.5 Å². The van der Waals surface area contributed by atoms with Crippen molar-refractivity contribution in [3.8, 4) is 6.07 Å². The van der Waals surface area contributed by atoms with Gasteiger partial charge in [-0.05, 0) is 24.3 Å². The van der Waals surface area contributed by atoms with Crippen LogP contribution in [0.5, 0.6) is 0 Å². The molecule has 2 amide bonds. The van der Waals surface area contributed by atoms with Crippen LogP contribution in [0.15, 0.2) is 55.1 Å². The summed E-state index contributed by atoms with van der Waals surface area (Å²) in [6.07, 6.45) is 0. The molecule has 2 aromatic carbocycles. The van der Waals surface area contributed by atoms with Crippen molar-refractivity contribution in [2.24, 2.45) is 0 Å². The van der Waals surface area contributed by atoms with E-state index in [1.807, 2.05) is 6.07 Å². The molecule has 1 N–H and O–H groups in total. The number of fused-ring (bicyclic) bond motifs is 1. The molecule has 2 aromatic rings. The average molecular weight is 361 g/mol. The molecule has 7 nitrogen and oxygen atoms in total. The lowest BCUT2D eigenvalue weighted by atomic mass is 10.1. The maximum atomic E-state index is 12.3. The highest BCUT2D eigenvalue weighted by molar-refractivity contribution is 6.10. The second kappa shape index (κ2) is 7.54. The van der Waals surface area contributed by atoms with Crippen LogP contribution in [0.3, 0.4) is 0 Å². The fourth-order valence-electron chi connectivity index (χ4n) is 2.69. The number of carbonyl (C=O) groups excluding carboxylic acids is 3. The predicted octanol–water partition coefficient (Wildman–Crippen LogP) is 2.17. The van der Waals surface area contributed by atoms with Crippen LogP contribution in [-0.2, 0) is 14.3 Å². The Hall–Kier alpha value is -3.92. The summed E-state index contributed by atoms with van der Waals surface area (Å²) in [5.41, 5.74) is 2.39. The van der Waals surface area contributed by atoms with E-state index in [2.05, 4.69) is 11.9 Å². The molecular weight excluding hydrogens is 346 g/mol. The topological polar surface area (TPSA) is 99.5 Å². The van der Waals surface area contributed by atoms with Crippen molar-refractivity contribution in [1.29, 1.82) is 5.26 Å². The molecule has 0 fully saturated rings. The molecule has 3 rings (SSSR count). The normalized spacial score (nSPS) is 12.3. The van der Waals surface area contributed by atoms with Crippen molar-refractivity contribution in [1.82, 2.24) is 4.90 Å². The molecule has 0 aliphatic carbocycles. The summed E-state index contributed by atoms with van der Waals surface area (Å²) in [5, 5.41) is 11.4. The van der Waals surface area contributed by atoms with Gasteiger partial charge in [0, 0.05) is 22.5 Å². The van der Waals surface area contributed by atoms with Gasteiger partial charge in [-0.25, -0.2) is 0 Å². The Morgan fingerprint density at radius 2 is 1.89 bits per heavy atom. The molecule has 7 heteroatoms. The van der Waals surface area contributed by atoms with Gasteiger partial charge in [-0.3, -0.25) is 19.3 Å². The van der Waals surface area contributed by atoms with Crippen LogP contribution < -0.4 is 5.32 Å². The Morgan fingerprint density at radius 1 is 1.15 bits per heavy atom. The van der Waals surface area contributed by atoms with Crippen molar-refractivity contribution in [3.63, 3.8) is 0 Å². The molecule has 0 unspecified atom stereocenters. The zero-order valence-corrected chi connectivity index (χ0v) is 14.3. The van der Waals surface area contributed by atoms with Gasteiger partial charge in [0.05, 0.1) is 11.6 Å². The molecule has 0 spiro atoms. The van der Waals surface area contributed by atoms with E-state index in [0.29, 0.717) is 28.1 Å². The van der Waals surface area contributed by atoms with E-state index >= 15 is 0 Å². The van der Waals surface area contributed by atoms with Crippen molar-refractivity contribution < 1.29 is 19.1 Å². The molecule has 1 aliphatic heterocycles. The standard InChI is InChI=1S/C20H15N3O4/c1-13-16-7-2-3-8-17(16)20(26)23(13)11-19(25)27-12-18(24)22-15-6-4-5-14(9-15)10-21/h2-9H,1,11-12H2,(H,22,24). The minimum absolute atomic E-state index is 0.328. The van der Waals surface area contributed by atoms with Crippen molar-refractivity contribution >= 4 is 29.2 Å². The number of ether oxygens (including phenoxy) is 1. The van der Waals surface area contributed by atoms with Gasteiger partial charge >= 0.3 is 5.97 Å². The molecule has 134 valence electrons. The molecule has 0 aromatic heterocycles. The number of hydrogen-bond donors (Lipinski definition) is 1. The number of benzene rings is 2. The summed E-state index contributed by atoms with van der Waals surface area (Å²) >= 11 is 0. The second-order valence-corrected chi connectivity index (χ2v) is 5.79. The van der Waals surface area contributed by atoms with Crippen LogP contribution >= 0.6 is 0 Å². The molecule has 1 aliphatic rings. The zero-order valence-electron chi connectivity index (χ0n) is 14.3. The molecule has 0 radical (unpaired) electrons. The van der Waals surface area contributed by atoms with E-state index in [9.17, 15) is 14.4 Å². The van der Waals surface area contributed by atoms with Gasteiger partial charge in [-0.2, -0.15) is 5.26 Å². The van der Waals surface area contributed by atoms with Gasteiger partial charge in [0.25, 0.3) is 11.8 Å². The Kier molecular flexibility index (Phi) is 4.99. The monoisotopic (exact) mass is 361 g/mol. The molecule has 0 saturated heterocycles. The van der Waals surface area contributed by atoms with Crippen LogP contribution in [0.2, 0.25) is 0 Å². The maximum absolute atomic E-state index is 12.3. The summed E-state index contributed by atoms with van der Waals surface area (Å²) in [5.74, 6) is -1.60. The lowest BCUT2D eigenvalue weighted by molar-refractivity contribution is -0.147. The van der Waals surface area contributed by atoms with Crippen LogP contribution in [0, 0.1) is 11.3 Å². The molecule has 0 bridgehead atoms. The molecule has 0 atom stereocenters. The van der Waals surface area contributed by atoms with Gasteiger partial charge in [0.1, 0.15) is 6.54 Å². The number of carbonyl (C=O) groups is 3. The number of nitrogens with zero attached hydrogens (tertiary/aromatic N) is 2. The largest absolute Gasteiger partial charge is 0.454 e. The Morgan fingerprint density at radius 3 is 2.59 bits per heavy atom. The second-order valence-electron chi connectivity index (χ2n) is 5.79. The van der Waals surface area contributed by atoms with Crippen molar-refractivity contribution in [2.45, 2.75) is 0 Å². The van der Waals surface area contributed by atoms with E-state index in [4.69, 9.17) is 10.00 Å². The SMILES string of the molecule is C=C1c2ccccc2C(=O)N1CC(=O)OCC(=O)Nc1cccc(C#N)c1. The summed E-state index contributed by atoms with van der Waals surface area (Å²) in [6.45, 7) is 3.01. The maximum Gasteiger partial charge on any atom is 0.326 e. The number of hydrogen-bond acceptors (Lipinski definition) is 5. The predicted molar refractivity (Wildman–Crippen MR) is 97.3 cm³/mol. The number of nitrogens with one attached hydrogen (secondary N) is 1. The number of esters is 1. The smallest absolute Gasteiger partial charge is 0.326 e. The van der Waals surface area contributed by atoms with Crippen LogP contribution in [0.25, 0.3) is 5.70 Å². The highest BCUT2D eigenvalue weighted by Crippen LogP contribution is 2.30. The van der Waals surface area contributed by atoms with E-state index in [-0.39, 0.29) is 12.5 Å². The fraction of sp³-hybridized carbons (Fsp3) is 0.100. The minimum Gasteiger partial charge on any atom is -0.454 e. The molecule has 27 heavy (non-hydrogen) atoms. The van der Waals surface area contributed by atoms with Crippen molar-refractivity contribution in [2.75, 3.05) is 18.5 Å². The highest BCUT2D eigenvalue weighted by Gasteiger charge is 2.32. The number of nitriles is 1. The van der Waals surface area contributed by atoms with Crippen LogP contribution in [0.4, 0.5) is 5.69 Å². The third-order valence-corrected chi connectivity index (χ3v) is 3.97. The van der Waals surface area contributed by atoms with Crippen LogP contribution in [-0.4, -0.2) is 35.8 Å². The van der Waals surface area contributed by atoms with E-state index in [1.165, 1.54) is 11.0 Å². The average Bonchev–Trinajstić information content (AvgIpc) is 2.92. The fourth-order valence-corrected chi connectivity index (χ4v) is 2.69. The molecular formula is C20H15N3O4. The first kappa shape index (κ1) is 17.9. The van der Waals surface area contributed by atoms with E-state index in [0.717, 1.165) is 0 Å². The lowest BCUT2D eigenvalue weighted by Crippen LogP contribution is -2.32. The van der Waals surface area contributed by atoms with Gasteiger partial charge in [0.15, 0.2) is 6.61 Å². The first-order chi connectivity index (χ1) is 13.0. The number of anilines is 1. The Bertz CT molecular complexity index is 956. The van der Waals surface area contributed by atoms with E-state index < -0.39 is 18.5 Å². The molecule has 1 heterocycles. The van der Waals surface area contributed by atoms with Crippen LogP contribution in [0.1, 0.15) is 21.5 Å². The zero-order chi connectivity index (χ0) is 19.4. The summed E-state index contributed by atoms with van der Waals surface area (Å²) in [4.78, 5) is 37.5. The van der Waals surface area contributed by atoms with Gasteiger partial charge in [0.2, 0.25) is 0 Å². The summed E-state index contributed by atoms with van der Waals surface area (Å²) < 4.78 is 4.94. The highest BCUT2D eigenvalue weighted by atomic mass is 16.5. The Labute approximate surface area is 155 Å². The van der Waals surface area contributed by atoms with Gasteiger partial charge < -0.3 is 10.1 Å². The van der Waals surface area contributed by atoms with Gasteiger partial charge in [-0.15, -0.1) is 0 Å². The minimum atomic E-state index is -0.724. The molecule has 0 saturated carbocycles.